The third-order valence-corrected chi connectivity index (χ3v) is 3.77. The number of hydrogen-bond acceptors (Lipinski definition) is 4. The van der Waals surface area contributed by atoms with E-state index in [1.165, 1.54) is 4.90 Å². The number of carboxylic acid groups (broad SMARTS) is 1. The summed E-state index contributed by atoms with van der Waals surface area (Å²) in [5, 5.41) is 14.2. The van der Waals surface area contributed by atoms with Crippen LogP contribution in [0, 0.1) is 0 Å². The van der Waals surface area contributed by atoms with Gasteiger partial charge in [-0.15, -0.1) is 0 Å². The summed E-state index contributed by atoms with van der Waals surface area (Å²) in [6.07, 6.45) is 0.413. The first-order chi connectivity index (χ1) is 13.3. The Morgan fingerprint density at radius 3 is 2.29 bits per heavy atom. The van der Waals surface area contributed by atoms with Crippen molar-refractivity contribution in [3.8, 4) is 5.75 Å². The van der Waals surface area contributed by atoms with Crippen molar-refractivity contribution < 1.29 is 24.2 Å². The molecule has 2 rings (SSSR count). The number of aryl methyl sites for hydroxylation is 1. The lowest BCUT2D eigenvalue weighted by Crippen LogP contribution is -2.27. The van der Waals surface area contributed by atoms with Crippen LogP contribution in [-0.2, 0) is 16.0 Å². The number of amides is 3. The van der Waals surface area contributed by atoms with Crippen LogP contribution in [0.15, 0.2) is 48.5 Å². The molecule has 28 heavy (non-hydrogen) atoms. The lowest BCUT2D eigenvalue weighted by atomic mass is 10.1. The summed E-state index contributed by atoms with van der Waals surface area (Å²) >= 11 is 0. The van der Waals surface area contributed by atoms with Gasteiger partial charge in [-0.05, 0) is 36.2 Å². The van der Waals surface area contributed by atoms with Crippen molar-refractivity contribution in [1.82, 2.24) is 4.90 Å². The van der Waals surface area contributed by atoms with Gasteiger partial charge in [0, 0.05) is 38.0 Å². The number of ether oxygens (including phenoxy) is 1. The average molecular weight is 385 g/mol. The first kappa shape index (κ1) is 20.8. The van der Waals surface area contributed by atoms with Gasteiger partial charge in [-0.1, -0.05) is 18.2 Å². The summed E-state index contributed by atoms with van der Waals surface area (Å²) in [6, 6.07) is 13.3. The Labute approximate surface area is 163 Å². The number of aliphatic carboxylic acids is 1. The van der Waals surface area contributed by atoms with Crippen LogP contribution in [-0.4, -0.2) is 48.6 Å². The third-order valence-electron chi connectivity index (χ3n) is 3.77. The van der Waals surface area contributed by atoms with Gasteiger partial charge < -0.3 is 25.4 Å². The third kappa shape index (κ3) is 6.99. The number of benzene rings is 2. The lowest BCUT2D eigenvalue weighted by molar-refractivity contribution is -0.137. The van der Waals surface area contributed by atoms with E-state index in [-0.39, 0.29) is 18.9 Å². The summed E-state index contributed by atoms with van der Waals surface area (Å²) in [5.74, 6) is -0.576. The van der Waals surface area contributed by atoms with Gasteiger partial charge in [-0.2, -0.15) is 0 Å². The van der Waals surface area contributed by atoms with Crippen LogP contribution in [0.3, 0.4) is 0 Å². The molecule has 0 saturated carbocycles. The van der Waals surface area contributed by atoms with E-state index in [1.54, 1.807) is 56.6 Å². The normalized spacial score (nSPS) is 10.1. The van der Waals surface area contributed by atoms with Crippen LogP contribution in [0.1, 0.15) is 12.0 Å². The highest BCUT2D eigenvalue weighted by Gasteiger charge is 2.08. The SMILES string of the molecule is CN(C)C(=O)COc1cccc(NC(=O)Nc2cccc(CCC(=O)O)c2)c1. The fourth-order valence-electron chi connectivity index (χ4n) is 2.29. The number of rotatable bonds is 8. The molecule has 0 aliphatic carbocycles. The van der Waals surface area contributed by atoms with E-state index in [0.717, 1.165) is 5.56 Å². The summed E-state index contributed by atoms with van der Waals surface area (Å²) in [6.45, 7) is -0.0915. The zero-order chi connectivity index (χ0) is 20.5. The highest BCUT2D eigenvalue weighted by molar-refractivity contribution is 5.99. The highest BCUT2D eigenvalue weighted by Crippen LogP contribution is 2.18. The van der Waals surface area contributed by atoms with Crippen LogP contribution >= 0.6 is 0 Å². The van der Waals surface area contributed by atoms with Crippen molar-refractivity contribution in [3.63, 3.8) is 0 Å². The summed E-state index contributed by atoms with van der Waals surface area (Å²) in [4.78, 5) is 35.9. The zero-order valence-electron chi connectivity index (χ0n) is 15.8. The molecule has 8 heteroatoms. The van der Waals surface area contributed by atoms with E-state index in [2.05, 4.69) is 10.6 Å². The van der Waals surface area contributed by atoms with Crippen LogP contribution in [0.25, 0.3) is 0 Å². The molecule has 0 bridgehead atoms. The molecule has 0 aliphatic rings. The molecule has 0 unspecified atom stereocenters. The van der Waals surface area contributed by atoms with Gasteiger partial charge in [-0.3, -0.25) is 9.59 Å². The monoisotopic (exact) mass is 385 g/mol. The molecule has 2 aromatic carbocycles. The molecule has 0 heterocycles. The van der Waals surface area contributed by atoms with E-state index < -0.39 is 12.0 Å². The molecule has 0 atom stereocenters. The van der Waals surface area contributed by atoms with Gasteiger partial charge in [0.2, 0.25) is 0 Å². The molecule has 0 aromatic heterocycles. The van der Waals surface area contributed by atoms with E-state index in [9.17, 15) is 14.4 Å². The van der Waals surface area contributed by atoms with E-state index in [1.807, 2.05) is 6.07 Å². The second kappa shape index (κ2) is 9.96. The minimum absolute atomic E-state index is 0.0266. The minimum Gasteiger partial charge on any atom is -0.484 e. The molecule has 148 valence electrons. The Kier molecular flexibility index (Phi) is 7.38. The summed E-state index contributed by atoms with van der Waals surface area (Å²) in [5.41, 5.74) is 1.89. The Hall–Kier alpha value is -3.55. The number of carbonyl (C=O) groups is 3. The van der Waals surface area contributed by atoms with Crippen molar-refractivity contribution in [2.24, 2.45) is 0 Å². The predicted molar refractivity (Wildman–Crippen MR) is 106 cm³/mol. The molecular formula is C20H23N3O5. The summed E-state index contributed by atoms with van der Waals surface area (Å²) in [7, 11) is 3.29. The molecule has 0 saturated heterocycles. The first-order valence-corrected chi connectivity index (χ1v) is 8.65. The lowest BCUT2D eigenvalue weighted by Gasteiger charge is -2.12. The Morgan fingerprint density at radius 1 is 1.00 bits per heavy atom. The quantitative estimate of drug-likeness (QED) is 0.648. The van der Waals surface area contributed by atoms with Crippen LogP contribution < -0.4 is 15.4 Å². The van der Waals surface area contributed by atoms with Crippen molar-refractivity contribution in [1.29, 1.82) is 0 Å². The van der Waals surface area contributed by atoms with Crippen LogP contribution in [0.4, 0.5) is 16.2 Å². The van der Waals surface area contributed by atoms with E-state index >= 15 is 0 Å². The second-order valence-electron chi connectivity index (χ2n) is 6.28. The zero-order valence-corrected chi connectivity index (χ0v) is 15.8. The maximum atomic E-state index is 12.2. The van der Waals surface area contributed by atoms with Crippen molar-refractivity contribution in [2.45, 2.75) is 12.8 Å². The van der Waals surface area contributed by atoms with Crippen LogP contribution in [0.5, 0.6) is 5.75 Å². The van der Waals surface area contributed by atoms with Crippen molar-refractivity contribution in [3.05, 3.63) is 54.1 Å². The van der Waals surface area contributed by atoms with Gasteiger partial charge >= 0.3 is 12.0 Å². The number of nitrogens with one attached hydrogen (secondary N) is 2. The fourth-order valence-corrected chi connectivity index (χ4v) is 2.29. The number of anilines is 2. The number of hydrogen-bond donors (Lipinski definition) is 3. The van der Waals surface area contributed by atoms with Gasteiger partial charge in [-0.25, -0.2) is 4.79 Å². The fraction of sp³-hybridized carbons (Fsp3) is 0.250. The highest BCUT2D eigenvalue weighted by atomic mass is 16.5. The molecule has 0 radical (unpaired) electrons. The molecule has 0 fully saturated rings. The van der Waals surface area contributed by atoms with Gasteiger partial charge in [0.1, 0.15) is 5.75 Å². The van der Waals surface area contributed by atoms with Crippen molar-refractivity contribution >= 4 is 29.3 Å². The minimum atomic E-state index is -0.870. The Bertz CT molecular complexity index is 851. The Balaban J connectivity index is 1.92. The number of carbonyl (C=O) groups excluding carboxylic acids is 2. The largest absolute Gasteiger partial charge is 0.484 e. The molecule has 3 amide bonds. The number of carboxylic acids is 1. The number of urea groups is 1. The molecule has 3 N–H and O–H groups in total. The van der Waals surface area contributed by atoms with Gasteiger partial charge in [0.05, 0.1) is 0 Å². The Morgan fingerprint density at radius 2 is 1.64 bits per heavy atom. The maximum Gasteiger partial charge on any atom is 0.323 e. The van der Waals surface area contributed by atoms with Gasteiger partial charge in [0.25, 0.3) is 5.91 Å². The molecule has 8 nitrogen and oxygen atoms in total. The predicted octanol–water partition coefficient (Wildman–Crippen LogP) is 2.81. The van der Waals surface area contributed by atoms with E-state index in [0.29, 0.717) is 23.5 Å². The average Bonchev–Trinajstić information content (AvgIpc) is 2.64. The standard InChI is InChI=1S/C20H23N3O5/c1-23(2)18(24)13-28-17-8-4-7-16(12-17)22-20(27)21-15-6-3-5-14(11-15)9-10-19(25)26/h3-8,11-12H,9-10,13H2,1-2H3,(H,25,26)(H2,21,22,27). The maximum absolute atomic E-state index is 12.2. The summed E-state index contributed by atoms with van der Waals surface area (Å²) < 4.78 is 5.42. The molecular weight excluding hydrogens is 362 g/mol. The molecule has 0 spiro atoms. The molecule has 0 aliphatic heterocycles. The second-order valence-corrected chi connectivity index (χ2v) is 6.28. The van der Waals surface area contributed by atoms with Gasteiger partial charge in [0.15, 0.2) is 6.61 Å². The first-order valence-electron chi connectivity index (χ1n) is 8.65. The van der Waals surface area contributed by atoms with Crippen molar-refractivity contribution in [2.75, 3.05) is 31.3 Å². The number of likely N-dealkylation sites (N-methyl/N-ethyl adjacent to an activating group) is 1. The topological polar surface area (TPSA) is 108 Å². The number of nitrogens with zero attached hydrogens (tertiary/aromatic N) is 1. The van der Waals surface area contributed by atoms with E-state index in [4.69, 9.17) is 9.84 Å². The smallest absolute Gasteiger partial charge is 0.323 e. The van der Waals surface area contributed by atoms with Crippen LogP contribution in [0.2, 0.25) is 0 Å². The molecule has 2 aromatic rings.